The van der Waals surface area contributed by atoms with E-state index in [0.29, 0.717) is 41.3 Å². The number of rotatable bonds is 11. The van der Waals surface area contributed by atoms with E-state index in [1.807, 2.05) is 54.6 Å². The van der Waals surface area contributed by atoms with Crippen molar-refractivity contribution in [2.24, 2.45) is 0 Å². The van der Waals surface area contributed by atoms with Gasteiger partial charge in [-0.2, -0.15) is 5.10 Å². The average molecular weight is 580 g/mol. The van der Waals surface area contributed by atoms with Gasteiger partial charge in [0.25, 0.3) is 5.91 Å². The Hall–Kier alpha value is -5.64. The van der Waals surface area contributed by atoms with Crippen molar-refractivity contribution in [1.29, 1.82) is 0 Å². The summed E-state index contributed by atoms with van der Waals surface area (Å²) >= 11 is 0. The standard InChI is InChI=1S/C33H29N3O7/c1-40-28-14-12-22(18-29(28)41-2)16-17-34-30(37)21-42-31(38)15-13-24-20-36(25-9-4-3-5-10-25)35-32(24)26-19-23-8-6-7-11-27(23)43-33(26)39/h3-15,18-20H,16-17,21H2,1-2H3,(H,34,37). The van der Waals surface area contributed by atoms with Crippen molar-refractivity contribution in [3.05, 3.63) is 113 Å². The molecule has 0 radical (unpaired) electrons. The quantitative estimate of drug-likeness (QED) is 0.137. The fourth-order valence-corrected chi connectivity index (χ4v) is 4.43. The number of carbonyl (C=O) groups excluding carboxylic acids is 2. The first-order valence-electron chi connectivity index (χ1n) is 13.5. The summed E-state index contributed by atoms with van der Waals surface area (Å²) in [7, 11) is 3.12. The van der Waals surface area contributed by atoms with E-state index in [0.717, 1.165) is 16.6 Å². The first kappa shape index (κ1) is 28.9. The minimum absolute atomic E-state index is 0.246. The summed E-state index contributed by atoms with van der Waals surface area (Å²) in [5, 5.41) is 8.09. The van der Waals surface area contributed by atoms with Crippen molar-refractivity contribution in [3.8, 4) is 28.4 Å². The van der Waals surface area contributed by atoms with Gasteiger partial charge in [0, 0.05) is 29.8 Å². The number of amides is 1. The molecule has 0 aliphatic heterocycles. The lowest BCUT2D eigenvalue weighted by Crippen LogP contribution is -2.30. The Morgan fingerprint density at radius 3 is 2.51 bits per heavy atom. The monoisotopic (exact) mass is 579 g/mol. The smallest absolute Gasteiger partial charge is 0.345 e. The van der Waals surface area contributed by atoms with Crippen LogP contribution in [0.5, 0.6) is 11.5 Å². The molecule has 218 valence electrons. The summed E-state index contributed by atoms with van der Waals surface area (Å²) < 4.78 is 22.8. The zero-order valence-electron chi connectivity index (χ0n) is 23.6. The third kappa shape index (κ3) is 6.99. The maximum Gasteiger partial charge on any atom is 0.345 e. The summed E-state index contributed by atoms with van der Waals surface area (Å²) in [6.07, 6.45) is 4.93. The second kappa shape index (κ2) is 13.3. The minimum Gasteiger partial charge on any atom is -0.493 e. The molecule has 0 bridgehead atoms. The Balaban J connectivity index is 1.25. The number of ether oxygens (including phenoxy) is 3. The molecule has 0 aliphatic rings. The molecule has 0 spiro atoms. The van der Waals surface area contributed by atoms with Crippen LogP contribution in [0.3, 0.4) is 0 Å². The van der Waals surface area contributed by atoms with Crippen LogP contribution in [0.15, 0.2) is 100 Å². The molecular formula is C33H29N3O7. The summed E-state index contributed by atoms with van der Waals surface area (Å²) in [4.78, 5) is 37.7. The van der Waals surface area contributed by atoms with E-state index in [1.165, 1.54) is 12.2 Å². The lowest BCUT2D eigenvalue weighted by Gasteiger charge is -2.10. The van der Waals surface area contributed by atoms with Gasteiger partial charge in [-0.15, -0.1) is 0 Å². The zero-order valence-corrected chi connectivity index (χ0v) is 23.6. The maximum atomic E-state index is 12.9. The third-order valence-electron chi connectivity index (χ3n) is 6.59. The van der Waals surface area contributed by atoms with Crippen LogP contribution in [-0.4, -0.2) is 49.0 Å². The molecule has 1 N–H and O–H groups in total. The number of fused-ring (bicyclic) bond motifs is 1. The van der Waals surface area contributed by atoms with E-state index in [1.54, 1.807) is 49.4 Å². The molecule has 10 heteroatoms. The molecule has 10 nitrogen and oxygen atoms in total. The van der Waals surface area contributed by atoms with Crippen LogP contribution in [0.4, 0.5) is 0 Å². The van der Waals surface area contributed by atoms with Gasteiger partial charge in [-0.1, -0.05) is 42.5 Å². The Labute approximate surface area is 247 Å². The molecule has 0 saturated heterocycles. The minimum atomic E-state index is -0.723. The molecule has 1 amide bonds. The Morgan fingerprint density at radius 1 is 0.953 bits per heavy atom. The van der Waals surface area contributed by atoms with Gasteiger partial charge < -0.3 is 23.9 Å². The van der Waals surface area contributed by atoms with Crippen molar-refractivity contribution in [3.63, 3.8) is 0 Å². The summed E-state index contributed by atoms with van der Waals surface area (Å²) in [5.74, 6) is 0.0640. The van der Waals surface area contributed by atoms with Gasteiger partial charge in [-0.3, -0.25) is 4.79 Å². The van der Waals surface area contributed by atoms with Crippen molar-refractivity contribution in [2.45, 2.75) is 6.42 Å². The van der Waals surface area contributed by atoms with E-state index in [-0.39, 0.29) is 5.56 Å². The SMILES string of the molecule is COc1ccc(CCNC(=O)COC(=O)C=Cc2cn(-c3ccccc3)nc2-c2cc3ccccc3oc2=O)cc1OC. The van der Waals surface area contributed by atoms with Gasteiger partial charge in [0.1, 0.15) is 11.3 Å². The van der Waals surface area contributed by atoms with Crippen molar-refractivity contribution in [1.82, 2.24) is 15.1 Å². The van der Waals surface area contributed by atoms with E-state index in [2.05, 4.69) is 10.4 Å². The number of hydrogen-bond donors (Lipinski definition) is 1. The number of para-hydroxylation sites is 2. The number of nitrogens with one attached hydrogen (secondary N) is 1. The van der Waals surface area contributed by atoms with E-state index in [9.17, 15) is 14.4 Å². The van der Waals surface area contributed by atoms with E-state index >= 15 is 0 Å². The lowest BCUT2D eigenvalue weighted by atomic mass is 10.1. The first-order valence-corrected chi connectivity index (χ1v) is 13.5. The topological polar surface area (TPSA) is 122 Å². The summed E-state index contributed by atoms with van der Waals surface area (Å²) in [6.45, 7) is -0.0996. The molecule has 0 saturated carbocycles. The van der Waals surface area contributed by atoms with Crippen LogP contribution in [0.2, 0.25) is 0 Å². The van der Waals surface area contributed by atoms with Gasteiger partial charge in [-0.05, 0) is 54.5 Å². The van der Waals surface area contributed by atoms with Crippen LogP contribution in [-0.2, 0) is 20.7 Å². The number of aromatic nitrogens is 2. The maximum absolute atomic E-state index is 12.9. The summed E-state index contributed by atoms with van der Waals surface area (Å²) in [6, 6.07) is 23.8. The third-order valence-corrected chi connectivity index (χ3v) is 6.59. The predicted octanol–water partition coefficient (Wildman–Crippen LogP) is 4.58. The highest BCUT2D eigenvalue weighted by molar-refractivity contribution is 5.91. The molecule has 0 unspecified atom stereocenters. The normalized spacial score (nSPS) is 11.0. The van der Waals surface area contributed by atoms with E-state index < -0.39 is 24.1 Å². The number of benzene rings is 3. The Morgan fingerprint density at radius 2 is 1.72 bits per heavy atom. The van der Waals surface area contributed by atoms with Gasteiger partial charge >= 0.3 is 11.6 Å². The van der Waals surface area contributed by atoms with Crippen LogP contribution in [0.1, 0.15) is 11.1 Å². The average Bonchev–Trinajstić information content (AvgIpc) is 3.46. The summed E-state index contributed by atoms with van der Waals surface area (Å²) in [5.41, 5.74) is 2.69. The van der Waals surface area contributed by atoms with Crippen LogP contribution < -0.4 is 20.4 Å². The molecule has 3 aromatic carbocycles. The second-order valence-corrected chi connectivity index (χ2v) is 9.43. The van der Waals surface area contributed by atoms with Crippen LogP contribution in [0, 0.1) is 0 Å². The van der Waals surface area contributed by atoms with Crippen molar-refractivity contribution in [2.75, 3.05) is 27.4 Å². The Bertz CT molecular complexity index is 1840. The highest BCUT2D eigenvalue weighted by Gasteiger charge is 2.17. The van der Waals surface area contributed by atoms with Crippen molar-refractivity contribution >= 4 is 28.9 Å². The van der Waals surface area contributed by atoms with E-state index in [4.69, 9.17) is 18.6 Å². The molecule has 5 aromatic rings. The molecule has 5 rings (SSSR count). The molecule has 43 heavy (non-hydrogen) atoms. The molecular weight excluding hydrogens is 550 g/mol. The van der Waals surface area contributed by atoms with Gasteiger partial charge in [0.05, 0.1) is 25.5 Å². The second-order valence-electron chi connectivity index (χ2n) is 9.43. The van der Waals surface area contributed by atoms with Gasteiger partial charge in [0.15, 0.2) is 18.1 Å². The number of methoxy groups -OCH3 is 2. The molecule has 2 heterocycles. The molecule has 0 aliphatic carbocycles. The lowest BCUT2D eigenvalue weighted by molar-refractivity contribution is -0.143. The zero-order chi connectivity index (χ0) is 30.2. The first-order chi connectivity index (χ1) is 20.9. The number of nitrogens with zero attached hydrogens (tertiary/aromatic N) is 2. The predicted molar refractivity (Wildman–Crippen MR) is 161 cm³/mol. The number of esters is 1. The molecule has 0 atom stereocenters. The number of hydrogen-bond acceptors (Lipinski definition) is 8. The molecule has 0 fully saturated rings. The highest BCUT2D eigenvalue weighted by atomic mass is 16.5. The van der Waals surface area contributed by atoms with Crippen molar-refractivity contribution < 1.29 is 28.2 Å². The fraction of sp³-hybridized carbons (Fsp3) is 0.152. The fourth-order valence-electron chi connectivity index (χ4n) is 4.43. The molecule has 2 aromatic heterocycles. The largest absolute Gasteiger partial charge is 0.493 e. The van der Waals surface area contributed by atoms with Gasteiger partial charge in [-0.25, -0.2) is 14.3 Å². The number of carbonyl (C=O) groups is 2. The van der Waals surface area contributed by atoms with Gasteiger partial charge in [0.2, 0.25) is 0 Å². The highest BCUT2D eigenvalue weighted by Crippen LogP contribution is 2.28. The Kier molecular flexibility index (Phi) is 8.96. The van der Waals surface area contributed by atoms with Crippen LogP contribution >= 0.6 is 0 Å². The van der Waals surface area contributed by atoms with Crippen LogP contribution in [0.25, 0.3) is 34.0 Å².